The SMILES string of the molecule is COc1cc(/C=C/c2cccnc2)cc(OC)c1OC. The van der Waals surface area contributed by atoms with Crippen molar-refractivity contribution in [1.82, 2.24) is 4.98 Å². The Hall–Kier alpha value is -2.49. The first-order valence-electron chi connectivity index (χ1n) is 6.16. The van der Waals surface area contributed by atoms with Crippen LogP contribution in [0.4, 0.5) is 0 Å². The van der Waals surface area contributed by atoms with Crippen molar-refractivity contribution >= 4 is 12.2 Å². The zero-order valence-electron chi connectivity index (χ0n) is 11.8. The summed E-state index contributed by atoms with van der Waals surface area (Å²) < 4.78 is 15.9. The molecule has 0 saturated carbocycles. The fourth-order valence-corrected chi connectivity index (χ4v) is 1.86. The first kappa shape index (κ1) is 13.9. The summed E-state index contributed by atoms with van der Waals surface area (Å²) in [4.78, 5) is 4.07. The lowest BCUT2D eigenvalue weighted by Gasteiger charge is -2.12. The summed E-state index contributed by atoms with van der Waals surface area (Å²) in [6.45, 7) is 0. The topological polar surface area (TPSA) is 40.6 Å². The molecule has 0 amide bonds. The van der Waals surface area contributed by atoms with Crippen molar-refractivity contribution in [1.29, 1.82) is 0 Å². The zero-order chi connectivity index (χ0) is 14.4. The van der Waals surface area contributed by atoms with Gasteiger partial charge in [0.2, 0.25) is 5.75 Å². The van der Waals surface area contributed by atoms with Gasteiger partial charge in [-0.3, -0.25) is 4.98 Å². The first-order chi connectivity index (χ1) is 9.78. The van der Waals surface area contributed by atoms with E-state index in [9.17, 15) is 0 Å². The van der Waals surface area contributed by atoms with Gasteiger partial charge < -0.3 is 14.2 Å². The van der Waals surface area contributed by atoms with E-state index in [1.54, 1.807) is 33.7 Å². The van der Waals surface area contributed by atoms with Gasteiger partial charge in [-0.25, -0.2) is 0 Å². The number of methoxy groups -OCH3 is 3. The molecule has 0 N–H and O–H groups in total. The van der Waals surface area contributed by atoms with E-state index in [0.29, 0.717) is 17.2 Å². The average Bonchev–Trinajstić information content (AvgIpc) is 2.52. The second-order valence-corrected chi connectivity index (χ2v) is 4.08. The standard InChI is InChI=1S/C16H17NO3/c1-18-14-9-13(10-15(19-2)16(14)20-3)7-6-12-5-4-8-17-11-12/h4-11H,1-3H3/b7-6+. The van der Waals surface area contributed by atoms with Crippen LogP contribution < -0.4 is 14.2 Å². The smallest absolute Gasteiger partial charge is 0.203 e. The molecular weight excluding hydrogens is 254 g/mol. The molecule has 1 heterocycles. The van der Waals surface area contributed by atoms with Crippen LogP contribution in [0.2, 0.25) is 0 Å². The third-order valence-electron chi connectivity index (χ3n) is 2.84. The molecule has 0 saturated heterocycles. The molecule has 0 aliphatic heterocycles. The molecule has 2 rings (SSSR count). The minimum atomic E-state index is 0.591. The number of benzene rings is 1. The van der Waals surface area contributed by atoms with E-state index in [1.165, 1.54) is 0 Å². The van der Waals surface area contributed by atoms with Crippen molar-refractivity contribution in [3.05, 3.63) is 47.8 Å². The van der Waals surface area contributed by atoms with Gasteiger partial charge in [-0.2, -0.15) is 0 Å². The van der Waals surface area contributed by atoms with Crippen LogP contribution in [0, 0.1) is 0 Å². The van der Waals surface area contributed by atoms with Crippen molar-refractivity contribution in [2.24, 2.45) is 0 Å². The largest absolute Gasteiger partial charge is 0.493 e. The van der Waals surface area contributed by atoms with Crippen LogP contribution in [-0.2, 0) is 0 Å². The molecule has 0 unspecified atom stereocenters. The van der Waals surface area contributed by atoms with Crippen LogP contribution >= 0.6 is 0 Å². The Bertz CT molecular complexity index is 569. The number of hydrogen-bond donors (Lipinski definition) is 0. The quantitative estimate of drug-likeness (QED) is 0.836. The first-order valence-corrected chi connectivity index (χ1v) is 6.16. The molecule has 0 atom stereocenters. The average molecular weight is 271 g/mol. The summed E-state index contributed by atoms with van der Waals surface area (Å²) in [5.41, 5.74) is 1.99. The summed E-state index contributed by atoms with van der Waals surface area (Å²) >= 11 is 0. The molecule has 4 heteroatoms. The third kappa shape index (κ3) is 3.09. The number of aromatic nitrogens is 1. The molecule has 2 aromatic rings. The second kappa shape index (κ2) is 6.61. The number of rotatable bonds is 5. The highest BCUT2D eigenvalue weighted by Gasteiger charge is 2.11. The number of pyridine rings is 1. The number of hydrogen-bond acceptors (Lipinski definition) is 4. The van der Waals surface area contributed by atoms with Gasteiger partial charge in [-0.15, -0.1) is 0 Å². The Morgan fingerprint density at radius 1 is 0.900 bits per heavy atom. The molecule has 0 bridgehead atoms. The monoisotopic (exact) mass is 271 g/mol. The van der Waals surface area contributed by atoms with Gasteiger partial charge >= 0.3 is 0 Å². The minimum absolute atomic E-state index is 0.591. The maximum Gasteiger partial charge on any atom is 0.203 e. The molecule has 0 aliphatic carbocycles. The predicted octanol–water partition coefficient (Wildman–Crippen LogP) is 3.28. The van der Waals surface area contributed by atoms with Crippen LogP contribution in [0.1, 0.15) is 11.1 Å². The van der Waals surface area contributed by atoms with Crippen LogP contribution in [0.15, 0.2) is 36.7 Å². The van der Waals surface area contributed by atoms with E-state index in [4.69, 9.17) is 14.2 Å². The van der Waals surface area contributed by atoms with Crippen LogP contribution in [0.3, 0.4) is 0 Å². The molecule has 0 aliphatic rings. The van der Waals surface area contributed by atoms with Crippen molar-refractivity contribution in [3.8, 4) is 17.2 Å². The molecule has 1 aromatic carbocycles. The molecular formula is C16H17NO3. The number of nitrogens with zero attached hydrogens (tertiary/aromatic N) is 1. The third-order valence-corrected chi connectivity index (χ3v) is 2.84. The molecule has 1 aromatic heterocycles. The summed E-state index contributed by atoms with van der Waals surface area (Å²) in [6.07, 6.45) is 7.50. The highest BCUT2D eigenvalue weighted by Crippen LogP contribution is 2.38. The van der Waals surface area contributed by atoms with E-state index in [1.807, 2.05) is 36.4 Å². The molecule has 0 radical (unpaired) electrons. The maximum absolute atomic E-state index is 5.32. The lowest BCUT2D eigenvalue weighted by Crippen LogP contribution is -1.95. The fraction of sp³-hybridized carbons (Fsp3) is 0.188. The molecule has 0 fully saturated rings. The van der Waals surface area contributed by atoms with E-state index in [-0.39, 0.29) is 0 Å². The normalized spacial score (nSPS) is 10.6. The maximum atomic E-state index is 5.32. The van der Waals surface area contributed by atoms with E-state index in [0.717, 1.165) is 11.1 Å². The van der Waals surface area contributed by atoms with Crippen LogP contribution in [0.5, 0.6) is 17.2 Å². The Labute approximate surface area is 118 Å². The lowest BCUT2D eigenvalue weighted by molar-refractivity contribution is 0.324. The van der Waals surface area contributed by atoms with Gasteiger partial charge in [0.1, 0.15) is 0 Å². The van der Waals surface area contributed by atoms with Gasteiger partial charge in [0.15, 0.2) is 11.5 Å². The molecule has 20 heavy (non-hydrogen) atoms. The predicted molar refractivity (Wildman–Crippen MR) is 79.3 cm³/mol. The molecule has 104 valence electrons. The van der Waals surface area contributed by atoms with Gasteiger partial charge in [-0.05, 0) is 29.3 Å². The Morgan fingerprint density at radius 3 is 2.05 bits per heavy atom. The van der Waals surface area contributed by atoms with Gasteiger partial charge in [-0.1, -0.05) is 18.2 Å². The van der Waals surface area contributed by atoms with Gasteiger partial charge in [0, 0.05) is 12.4 Å². The Kier molecular flexibility index (Phi) is 4.60. The summed E-state index contributed by atoms with van der Waals surface area (Å²) in [6, 6.07) is 7.68. The van der Waals surface area contributed by atoms with E-state index in [2.05, 4.69) is 4.98 Å². The van der Waals surface area contributed by atoms with Crippen LogP contribution in [-0.4, -0.2) is 26.3 Å². The molecule has 0 spiro atoms. The minimum Gasteiger partial charge on any atom is -0.493 e. The number of ether oxygens (including phenoxy) is 3. The molecule has 4 nitrogen and oxygen atoms in total. The van der Waals surface area contributed by atoms with E-state index >= 15 is 0 Å². The summed E-state index contributed by atoms with van der Waals surface area (Å²) in [7, 11) is 4.79. The highest BCUT2D eigenvalue weighted by atomic mass is 16.5. The van der Waals surface area contributed by atoms with E-state index < -0.39 is 0 Å². The highest BCUT2D eigenvalue weighted by molar-refractivity contribution is 5.72. The van der Waals surface area contributed by atoms with Gasteiger partial charge in [0.05, 0.1) is 21.3 Å². The summed E-state index contributed by atoms with van der Waals surface area (Å²) in [5.74, 6) is 1.86. The van der Waals surface area contributed by atoms with Crippen molar-refractivity contribution < 1.29 is 14.2 Å². The van der Waals surface area contributed by atoms with Gasteiger partial charge in [0.25, 0.3) is 0 Å². The summed E-state index contributed by atoms with van der Waals surface area (Å²) in [5, 5.41) is 0. The Morgan fingerprint density at radius 2 is 1.55 bits per heavy atom. The second-order valence-electron chi connectivity index (χ2n) is 4.08. The van der Waals surface area contributed by atoms with Crippen molar-refractivity contribution in [2.75, 3.05) is 21.3 Å². The fourth-order valence-electron chi connectivity index (χ4n) is 1.86. The lowest BCUT2D eigenvalue weighted by atomic mass is 10.1. The Balaban J connectivity index is 2.35. The van der Waals surface area contributed by atoms with Crippen LogP contribution in [0.25, 0.3) is 12.2 Å². The zero-order valence-corrected chi connectivity index (χ0v) is 11.8. The van der Waals surface area contributed by atoms with Crippen molar-refractivity contribution in [3.63, 3.8) is 0 Å². The van der Waals surface area contributed by atoms with Crippen molar-refractivity contribution in [2.45, 2.75) is 0 Å².